The Hall–Kier alpha value is -1.75. The minimum absolute atomic E-state index is 0.348. The van der Waals surface area contributed by atoms with E-state index in [4.69, 9.17) is 0 Å². The highest BCUT2D eigenvalue weighted by Gasteiger charge is 2.06. The van der Waals surface area contributed by atoms with E-state index in [-0.39, 0.29) is 5.82 Å². The van der Waals surface area contributed by atoms with Gasteiger partial charge in [0.05, 0.1) is 11.7 Å². The number of rotatable bonds is 2. The summed E-state index contributed by atoms with van der Waals surface area (Å²) < 4.78 is 12.9. The molecular weight excluding hydrogens is 225 g/mol. The third kappa shape index (κ3) is 1.69. The summed E-state index contributed by atoms with van der Waals surface area (Å²) in [5.41, 5.74) is 1.21. The first kappa shape index (κ1) is 9.47. The van der Waals surface area contributed by atoms with Crippen LogP contribution in [0.25, 0.3) is 11.2 Å². The second-order valence-electron chi connectivity index (χ2n) is 3.46. The number of hydrogen-bond donors (Lipinski definition) is 1. The second-order valence-corrected chi connectivity index (χ2v) is 4.50. The van der Waals surface area contributed by atoms with Gasteiger partial charge in [-0.25, -0.2) is 14.4 Å². The fourth-order valence-corrected chi connectivity index (χ4v) is 2.30. The standard InChI is InChI=1S/C11H8FN3S/c12-7-4-9-11(13-6-7)15-10(14-9)5-8-2-1-3-16-8/h1-4,6H,5H2,(H,13,14,15). The molecule has 0 aromatic carbocycles. The number of H-pyrrole nitrogens is 1. The lowest BCUT2D eigenvalue weighted by molar-refractivity contribution is 0.624. The molecule has 0 amide bonds. The monoisotopic (exact) mass is 233 g/mol. The Morgan fingerprint density at radius 1 is 1.44 bits per heavy atom. The third-order valence-electron chi connectivity index (χ3n) is 2.27. The van der Waals surface area contributed by atoms with Gasteiger partial charge in [-0.1, -0.05) is 6.07 Å². The normalized spacial score (nSPS) is 11.1. The molecular formula is C11H8FN3S. The summed E-state index contributed by atoms with van der Waals surface area (Å²) in [6.07, 6.45) is 1.91. The van der Waals surface area contributed by atoms with Crippen molar-refractivity contribution < 1.29 is 4.39 Å². The van der Waals surface area contributed by atoms with Crippen LogP contribution in [0.4, 0.5) is 4.39 Å². The quantitative estimate of drug-likeness (QED) is 0.739. The van der Waals surface area contributed by atoms with Gasteiger partial charge in [0.2, 0.25) is 0 Å². The van der Waals surface area contributed by atoms with Crippen LogP contribution in [0.3, 0.4) is 0 Å². The Balaban J connectivity index is 1.99. The number of nitrogens with zero attached hydrogens (tertiary/aromatic N) is 2. The van der Waals surface area contributed by atoms with Gasteiger partial charge < -0.3 is 4.98 Å². The molecule has 0 aliphatic rings. The van der Waals surface area contributed by atoms with E-state index in [1.807, 2.05) is 17.5 Å². The van der Waals surface area contributed by atoms with Crippen LogP contribution in [0.5, 0.6) is 0 Å². The number of halogens is 1. The molecule has 0 unspecified atom stereocenters. The number of nitrogens with one attached hydrogen (secondary N) is 1. The molecule has 80 valence electrons. The molecule has 0 aliphatic heterocycles. The summed E-state index contributed by atoms with van der Waals surface area (Å²) in [5.74, 6) is 0.467. The topological polar surface area (TPSA) is 41.6 Å². The first-order chi connectivity index (χ1) is 7.81. The maximum atomic E-state index is 12.9. The second kappa shape index (κ2) is 3.68. The van der Waals surface area contributed by atoms with E-state index >= 15 is 0 Å². The zero-order valence-corrected chi connectivity index (χ0v) is 9.09. The Morgan fingerprint density at radius 3 is 3.19 bits per heavy atom. The minimum Gasteiger partial charge on any atom is -0.340 e. The zero-order chi connectivity index (χ0) is 11.0. The number of aromatic amines is 1. The largest absolute Gasteiger partial charge is 0.340 e. The first-order valence-electron chi connectivity index (χ1n) is 4.84. The SMILES string of the molecule is Fc1cnc2nc(Cc3cccs3)[nH]c2c1. The van der Waals surface area contributed by atoms with Crippen molar-refractivity contribution in [3.63, 3.8) is 0 Å². The summed E-state index contributed by atoms with van der Waals surface area (Å²) in [7, 11) is 0. The number of thiophene rings is 1. The van der Waals surface area contributed by atoms with Crippen molar-refractivity contribution in [3.8, 4) is 0 Å². The predicted octanol–water partition coefficient (Wildman–Crippen LogP) is 2.75. The lowest BCUT2D eigenvalue weighted by Gasteiger charge is -1.90. The van der Waals surface area contributed by atoms with Crippen LogP contribution in [-0.4, -0.2) is 15.0 Å². The molecule has 1 N–H and O–H groups in total. The molecule has 0 spiro atoms. The van der Waals surface area contributed by atoms with Crippen LogP contribution < -0.4 is 0 Å². The molecule has 3 rings (SSSR count). The Kier molecular flexibility index (Phi) is 2.18. The van der Waals surface area contributed by atoms with Crippen molar-refractivity contribution in [2.24, 2.45) is 0 Å². The molecule has 16 heavy (non-hydrogen) atoms. The van der Waals surface area contributed by atoms with E-state index in [9.17, 15) is 4.39 Å². The summed E-state index contributed by atoms with van der Waals surface area (Å²) >= 11 is 1.68. The molecule has 0 fully saturated rings. The fourth-order valence-electron chi connectivity index (χ4n) is 1.59. The highest BCUT2D eigenvalue weighted by Crippen LogP contribution is 2.15. The van der Waals surface area contributed by atoms with Gasteiger partial charge in [-0.05, 0) is 11.4 Å². The van der Waals surface area contributed by atoms with Crippen LogP contribution in [0, 0.1) is 5.82 Å². The van der Waals surface area contributed by atoms with E-state index in [1.54, 1.807) is 11.3 Å². The van der Waals surface area contributed by atoms with E-state index < -0.39 is 0 Å². The average molecular weight is 233 g/mol. The smallest absolute Gasteiger partial charge is 0.177 e. The van der Waals surface area contributed by atoms with Gasteiger partial charge in [-0.3, -0.25) is 0 Å². The summed E-state index contributed by atoms with van der Waals surface area (Å²) in [5, 5.41) is 2.02. The molecule has 3 aromatic rings. The Morgan fingerprint density at radius 2 is 2.38 bits per heavy atom. The van der Waals surface area contributed by atoms with Crippen LogP contribution in [0.15, 0.2) is 29.8 Å². The van der Waals surface area contributed by atoms with Gasteiger partial charge in [-0.15, -0.1) is 11.3 Å². The van der Waals surface area contributed by atoms with Gasteiger partial charge in [0.25, 0.3) is 0 Å². The maximum absolute atomic E-state index is 12.9. The Labute approximate surface area is 95.0 Å². The minimum atomic E-state index is -0.348. The molecule has 5 heteroatoms. The molecule has 0 bridgehead atoms. The first-order valence-corrected chi connectivity index (χ1v) is 5.72. The lowest BCUT2D eigenvalue weighted by Crippen LogP contribution is -1.86. The van der Waals surface area contributed by atoms with Crippen molar-refractivity contribution in [1.82, 2.24) is 15.0 Å². The number of aromatic nitrogens is 3. The van der Waals surface area contributed by atoms with Crippen LogP contribution in [0.1, 0.15) is 10.7 Å². The zero-order valence-electron chi connectivity index (χ0n) is 8.27. The summed E-state index contributed by atoms with van der Waals surface area (Å²) in [4.78, 5) is 12.5. The number of fused-ring (bicyclic) bond motifs is 1. The highest BCUT2D eigenvalue weighted by atomic mass is 32.1. The van der Waals surface area contributed by atoms with E-state index in [0.717, 1.165) is 12.2 Å². The lowest BCUT2D eigenvalue weighted by atomic mass is 10.3. The Bertz CT molecular complexity index is 615. The van der Waals surface area contributed by atoms with E-state index in [1.165, 1.54) is 17.1 Å². The molecule has 0 saturated carbocycles. The third-order valence-corrected chi connectivity index (χ3v) is 3.15. The van der Waals surface area contributed by atoms with Gasteiger partial charge >= 0.3 is 0 Å². The molecule has 3 nitrogen and oxygen atoms in total. The van der Waals surface area contributed by atoms with Crippen LogP contribution in [0.2, 0.25) is 0 Å². The van der Waals surface area contributed by atoms with Crippen molar-refractivity contribution in [2.75, 3.05) is 0 Å². The van der Waals surface area contributed by atoms with Gasteiger partial charge in [-0.2, -0.15) is 0 Å². The number of hydrogen-bond acceptors (Lipinski definition) is 3. The number of pyridine rings is 1. The fraction of sp³-hybridized carbons (Fsp3) is 0.0909. The molecule has 0 aliphatic carbocycles. The van der Waals surface area contributed by atoms with Crippen molar-refractivity contribution in [3.05, 3.63) is 46.3 Å². The molecule has 0 atom stereocenters. The van der Waals surface area contributed by atoms with Crippen molar-refractivity contribution in [1.29, 1.82) is 0 Å². The van der Waals surface area contributed by atoms with Gasteiger partial charge in [0.15, 0.2) is 5.65 Å². The van der Waals surface area contributed by atoms with Crippen molar-refractivity contribution in [2.45, 2.75) is 6.42 Å². The molecule has 3 aromatic heterocycles. The average Bonchev–Trinajstić information content (AvgIpc) is 2.86. The summed E-state index contributed by atoms with van der Waals surface area (Å²) in [6, 6.07) is 5.46. The predicted molar refractivity (Wildman–Crippen MR) is 61.0 cm³/mol. The van der Waals surface area contributed by atoms with Crippen molar-refractivity contribution >= 4 is 22.5 Å². The molecule has 3 heterocycles. The molecule has 0 radical (unpaired) electrons. The maximum Gasteiger partial charge on any atom is 0.177 e. The van der Waals surface area contributed by atoms with Crippen LogP contribution in [-0.2, 0) is 6.42 Å². The van der Waals surface area contributed by atoms with Crippen LogP contribution >= 0.6 is 11.3 Å². The van der Waals surface area contributed by atoms with E-state index in [0.29, 0.717) is 11.2 Å². The molecule has 0 saturated heterocycles. The summed E-state index contributed by atoms with van der Waals surface area (Å²) in [6.45, 7) is 0. The van der Waals surface area contributed by atoms with Gasteiger partial charge in [0.1, 0.15) is 11.6 Å². The van der Waals surface area contributed by atoms with E-state index in [2.05, 4.69) is 15.0 Å². The highest BCUT2D eigenvalue weighted by molar-refractivity contribution is 7.09. The van der Waals surface area contributed by atoms with Gasteiger partial charge in [0, 0.05) is 17.4 Å². The number of imidazole rings is 1.